The van der Waals surface area contributed by atoms with Crippen LogP contribution in [0, 0.1) is 11.8 Å². The molecule has 3 aliphatic rings. The molecule has 2 atom stereocenters. The Balaban J connectivity index is 1.51. The van der Waals surface area contributed by atoms with E-state index in [4.69, 9.17) is 0 Å². The lowest BCUT2D eigenvalue weighted by atomic mass is 9.80. The molecule has 4 heteroatoms. The van der Waals surface area contributed by atoms with Crippen LogP contribution in [-0.4, -0.2) is 49.6 Å². The van der Waals surface area contributed by atoms with Crippen LogP contribution in [0.5, 0.6) is 0 Å². The molecule has 0 radical (unpaired) electrons. The van der Waals surface area contributed by atoms with E-state index < -0.39 is 0 Å². The minimum Gasteiger partial charge on any atom is -0.341 e. The molecular formula is C15H27N3O. The predicted molar refractivity (Wildman–Crippen MR) is 75.9 cm³/mol. The molecule has 1 amide bonds. The Morgan fingerprint density at radius 2 is 1.84 bits per heavy atom. The first-order valence-electron chi connectivity index (χ1n) is 8.07. The van der Waals surface area contributed by atoms with Crippen molar-refractivity contribution in [3.8, 4) is 0 Å². The van der Waals surface area contributed by atoms with Crippen LogP contribution in [-0.2, 0) is 4.79 Å². The summed E-state index contributed by atoms with van der Waals surface area (Å²) in [6.07, 6.45) is 8.26. The number of piperazine rings is 1. The van der Waals surface area contributed by atoms with Crippen molar-refractivity contribution in [1.29, 1.82) is 0 Å². The molecule has 3 rings (SSSR count). The van der Waals surface area contributed by atoms with E-state index >= 15 is 0 Å². The third-order valence-electron chi connectivity index (χ3n) is 5.19. The highest BCUT2D eigenvalue weighted by atomic mass is 16.2. The van der Waals surface area contributed by atoms with Crippen molar-refractivity contribution >= 4 is 5.91 Å². The molecule has 0 aromatic carbocycles. The summed E-state index contributed by atoms with van der Waals surface area (Å²) in [6, 6.07) is 0.0128. The summed E-state index contributed by atoms with van der Waals surface area (Å²) in [4.78, 5) is 14.6. The Morgan fingerprint density at radius 3 is 2.58 bits per heavy atom. The van der Waals surface area contributed by atoms with Gasteiger partial charge in [-0.3, -0.25) is 4.79 Å². The number of rotatable bonds is 2. The maximum absolute atomic E-state index is 12.5. The van der Waals surface area contributed by atoms with E-state index in [9.17, 15) is 4.79 Å². The molecule has 0 aromatic rings. The van der Waals surface area contributed by atoms with E-state index in [1.165, 1.54) is 38.5 Å². The lowest BCUT2D eigenvalue weighted by Gasteiger charge is -2.30. The summed E-state index contributed by atoms with van der Waals surface area (Å²) in [7, 11) is 0. The second-order valence-corrected chi connectivity index (χ2v) is 6.44. The number of carbonyl (C=O) groups excluding carboxylic acids is 1. The molecule has 0 bridgehead atoms. The normalized spacial score (nSPS) is 33.6. The highest BCUT2D eigenvalue weighted by molar-refractivity contribution is 5.82. The second kappa shape index (κ2) is 6.23. The summed E-state index contributed by atoms with van der Waals surface area (Å²) in [5, 5.41) is 6.64. The van der Waals surface area contributed by atoms with Gasteiger partial charge in [0.25, 0.3) is 0 Å². The molecule has 2 heterocycles. The smallest absolute Gasteiger partial charge is 0.241 e. The fourth-order valence-corrected chi connectivity index (χ4v) is 4.03. The third-order valence-corrected chi connectivity index (χ3v) is 5.19. The zero-order chi connectivity index (χ0) is 13.1. The van der Waals surface area contributed by atoms with E-state index in [0.29, 0.717) is 5.91 Å². The van der Waals surface area contributed by atoms with Crippen molar-refractivity contribution in [2.45, 2.75) is 44.6 Å². The summed E-state index contributed by atoms with van der Waals surface area (Å²) in [5.41, 5.74) is 0. The van der Waals surface area contributed by atoms with Crippen molar-refractivity contribution in [3.05, 3.63) is 0 Å². The standard InChI is InChI=1S/C15H27N3O/c19-15(14-10-16-7-8-17-14)18-9-6-13(11-18)12-4-2-1-3-5-12/h12-14,16-17H,1-11H2/t13-,14?/m1/s1. The molecule has 19 heavy (non-hydrogen) atoms. The van der Waals surface area contributed by atoms with Gasteiger partial charge in [0, 0.05) is 32.7 Å². The number of likely N-dealkylation sites (tertiary alicyclic amines) is 1. The molecular weight excluding hydrogens is 238 g/mol. The van der Waals surface area contributed by atoms with Crippen LogP contribution in [0.4, 0.5) is 0 Å². The van der Waals surface area contributed by atoms with E-state index in [1.54, 1.807) is 0 Å². The lowest BCUT2D eigenvalue weighted by molar-refractivity contribution is -0.132. The topological polar surface area (TPSA) is 44.4 Å². The Labute approximate surface area is 116 Å². The summed E-state index contributed by atoms with van der Waals surface area (Å²) in [5.74, 6) is 2.00. The molecule has 108 valence electrons. The second-order valence-electron chi connectivity index (χ2n) is 6.44. The minimum atomic E-state index is 0.0128. The Morgan fingerprint density at radius 1 is 1.00 bits per heavy atom. The van der Waals surface area contributed by atoms with E-state index in [-0.39, 0.29) is 6.04 Å². The van der Waals surface area contributed by atoms with Gasteiger partial charge in [0.1, 0.15) is 0 Å². The molecule has 1 aliphatic carbocycles. The zero-order valence-corrected chi connectivity index (χ0v) is 11.9. The van der Waals surface area contributed by atoms with Crippen molar-refractivity contribution in [3.63, 3.8) is 0 Å². The number of nitrogens with zero attached hydrogens (tertiary/aromatic N) is 1. The fourth-order valence-electron chi connectivity index (χ4n) is 4.03. The van der Waals surface area contributed by atoms with Gasteiger partial charge in [0.15, 0.2) is 0 Å². The predicted octanol–water partition coefficient (Wildman–Crippen LogP) is 0.977. The lowest BCUT2D eigenvalue weighted by Crippen LogP contribution is -2.56. The summed E-state index contributed by atoms with van der Waals surface area (Å²) < 4.78 is 0. The number of hydrogen-bond acceptors (Lipinski definition) is 3. The Hall–Kier alpha value is -0.610. The van der Waals surface area contributed by atoms with Crippen molar-refractivity contribution in [2.75, 3.05) is 32.7 Å². The van der Waals surface area contributed by atoms with Gasteiger partial charge in [-0.1, -0.05) is 32.1 Å². The molecule has 4 nitrogen and oxygen atoms in total. The molecule has 1 saturated carbocycles. The van der Waals surface area contributed by atoms with Crippen LogP contribution in [0.1, 0.15) is 38.5 Å². The fraction of sp³-hybridized carbons (Fsp3) is 0.933. The van der Waals surface area contributed by atoms with Crippen LogP contribution in [0.15, 0.2) is 0 Å². The van der Waals surface area contributed by atoms with Gasteiger partial charge in [0.05, 0.1) is 6.04 Å². The first kappa shape index (κ1) is 13.4. The van der Waals surface area contributed by atoms with Gasteiger partial charge in [-0.15, -0.1) is 0 Å². The Kier molecular flexibility index (Phi) is 4.38. The molecule has 0 spiro atoms. The van der Waals surface area contributed by atoms with Gasteiger partial charge in [-0.25, -0.2) is 0 Å². The maximum Gasteiger partial charge on any atom is 0.241 e. The first-order valence-corrected chi connectivity index (χ1v) is 8.07. The average molecular weight is 265 g/mol. The zero-order valence-electron chi connectivity index (χ0n) is 11.9. The van der Waals surface area contributed by atoms with Gasteiger partial charge in [0.2, 0.25) is 5.91 Å². The highest BCUT2D eigenvalue weighted by Gasteiger charge is 2.35. The van der Waals surface area contributed by atoms with Crippen LogP contribution < -0.4 is 10.6 Å². The van der Waals surface area contributed by atoms with E-state index in [1.807, 2.05) is 0 Å². The van der Waals surface area contributed by atoms with Crippen molar-refractivity contribution in [1.82, 2.24) is 15.5 Å². The van der Waals surface area contributed by atoms with Crippen molar-refractivity contribution < 1.29 is 4.79 Å². The van der Waals surface area contributed by atoms with Crippen LogP contribution in [0.3, 0.4) is 0 Å². The number of amides is 1. The highest BCUT2D eigenvalue weighted by Crippen LogP contribution is 2.35. The largest absolute Gasteiger partial charge is 0.341 e. The van der Waals surface area contributed by atoms with Gasteiger partial charge >= 0.3 is 0 Å². The van der Waals surface area contributed by atoms with Gasteiger partial charge in [-0.05, 0) is 18.3 Å². The van der Waals surface area contributed by atoms with Crippen LogP contribution >= 0.6 is 0 Å². The average Bonchev–Trinajstić information content (AvgIpc) is 2.98. The van der Waals surface area contributed by atoms with Crippen molar-refractivity contribution in [2.24, 2.45) is 11.8 Å². The third kappa shape index (κ3) is 3.11. The molecule has 0 aromatic heterocycles. The van der Waals surface area contributed by atoms with E-state index in [2.05, 4.69) is 15.5 Å². The quantitative estimate of drug-likeness (QED) is 0.782. The summed E-state index contributed by atoms with van der Waals surface area (Å²) in [6.45, 7) is 4.69. The number of carbonyl (C=O) groups is 1. The van der Waals surface area contributed by atoms with Gasteiger partial charge < -0.3 is 15.5 Å². The maximum atomic E-state index is 12.5. The molecule has 3 fully saturated rings. The SMILES string of the molecule is O=C(C1CNCCN1)N1CC[C@@H](C2CCCCC2)C1. The molecule has 2 saturated heterocycles. The van der Waals surface area contributed by atoms with Gasteiger partial charge in [-0.2, -0.15) is 0 Å². The van der Waals surface area contributed by atoms with E-state index in [0.717, 1.165) is 44.6 Å². The van der Waals surface area contributed by atoms with Crippen LogP contribution in [0.25, 0.3) is 0 Å². The summed E-state index contributed by atoms with van der Waals surface area (Å²) >= 11 is 0. The molecule has 1 unspecified atom stereocenters. The Bertz CT molecular complexity index is 309. The number of nitrogens with one attached hydrogen (secondary N) is 2. The molecule has 2 aliphatic heterocycles. The monoisotopic (exact) mass is 265 g/mol. The number of hydrogen-bond donors (Lipinski definition) is 2. The molecule has 2 N–H and O–H groups in total. The first-order chi connectivity index (χ1) is 9.34. The van der Waals surface area contributed by atoms with Crippen LogP contribution in [0.2, 0.25) is 0 Å². The minimum absolute atomic E-state index is 0.0128.